The van der Waals surface area contributed by atoms with Gasteiger partial charge in [0, 0.05) is 5.57 Å². The molecule has 0 aliphatic rings. The molecule has 0 aromatic rings. The molecule has 0 heterocycles. The number of rotatable bonds is 5. The van der Waals surface area contributed by atoms with Gasteiger partial charge >= 0.3 is 5.97 Å². The zero-order valence-corrected chi connectivity index (χ0v) is 7.80. The fourth-order valence-electron chi connectivity index (χ4n) is 0.788. The highest BCUT2D eigenvalue weighted by atomic mass is 16.5. The molecule has 0 fully saturated rings. The van der Waals surface area contributed by atoms with E-state index in [0.29, 0.717) is 12.0 Å². The standard InChI is InChI=1S/C10H16O2/c1-4-5-6-7-8-9(2)10(11)12-3/h5-6H,2,4,7-8H2,1,3H3/b6-5+. The molecule has 0 aromatic carbocycles. The van der Waals surface area contributed by atoms with E-state index in [4.69, 9.17) is 0 Å². The van der Waals surface area contributed by atoms with Gasteiger partial charge in [-0.25, -0.2) is 4.79 Å². The second-order valence-corrected chi connectivity index (χ2v) is 2.51. The molecular weight excluding hydrogens is 152 g/mol. The Morgan fingerprint density at radius 1 is 1.50 bits per heavy atom. The summed E-state index contributed by atoms with van der Waals surface area (Å²) in [6.07, 6.45) is 6.70. The Kier molecular flexibility index (Phi) is 6.07. The van der Waals surface area contributed by atoms with Gasteiger partial charge in [-0.1, -0.05) is 25.7 Å². The number of allylic oxidation sites excluding steroid dienone is 2. The maximum Gasteiger partial charge on any atom is 0.333 e. The molecule has 12 heavy (non-hydrogen) atoms. The van der Waals surface area contributed by atoms with Crippen LogP contribution >= 0.6 is 0 Å². The zero-order valence-electron chi connectivity index (χ0n) is 7.80. The van der Waals surface area contributed by atoms with E-state index in [-0.39, 0.29) is 5.97 Å². The zero-order chi connectivity index (χ0) is 9.40. The van der Waals surface area contributed by atoms with Crippen molar-refractivity contribution in [3.05, 3.63) is 24.3 Å². The van der Waals surface area contributed by atoms with Crippen molar-refractivity contribution >= 4 is 5.97 Å². The van der Waals surface area contributed by atoms with Crippen molar-refractivity contribution in [1.82, 2.24) is 0 Å². The molecule has 0 amide bonds. The molecule has 2 heteroatoms. The van der Waals surface area contributed by atoms with Gasteiger partial charge in [-0.3, -0.25) is 0 Å². The average Bonchev–Trinajstić information content (AvgIpc) is 2.10. The largest absolute Gasteiger partial charge is 0.466 e. The summed E-state index contributed by atoms with van der Waals surface area (Å²) in [5, 5.41) is 0. The van der Waals surface area contributed by atoms with Gasteiger partial charge in [0.25, 0.3) is 0 Å². The van der Waals surface area contributed by atoms with Crippen molar-refractivity contribution < 1.29 is 9.53 Å². The molecule has 0 rings (SSSR count). The Hall–Kier alpha value is -1.05. The number of ether oxygens (including phenoxy) is 1. The summed E-state index contributed by atoms with van der Waals surface area (Å²) in [5.41, 5.74) is 0.540. The third-order valence-electron chi connectivity index (χ3n) is 1.49. The Morgan fingerprint density at radius 3 is 2.67 bits per heavy atom. The molecule has 0 unspecified atom stereocenters. The Morgan fingerprint density at radius 2 is 2.17 bits per heavy atom. The molecule has 0 aromatic heterocycles. The van der Waals surface area contributed by atoms with Crippen LogP contribution in [0.3, 0.4) is 0 Å². The van der Waals surface area contributed by atoms with Crippen LogP contribution in [0.4, 0.5) is 0 Å². The first kappa shape index (κ1) is 11.0. The highest BCUT2D eigenvalue weighted by Crippen LogP contribution is 2.04. The minimum atomic E-state index is -0.306. The minimum absolute atomic E-state index is 0.306. The van der Waals surface area contributed by atoms with E-state index in [2.05, 4.69) is 24.3 Å². The fourth-order valence-corrected chi connectivity index (χ4v) is 0.788. The van der Waals surface area contributed by atoms with E-state index < -0.39 is 0 Å². The van der Waals surface area contributed by atoms with Crippen molar-refractivity contribution in [2.75, 3.05) is 7.11 Å². The van der Waals surface area contributed by atoms with E-state index in [9.17, 15) is 4.79 Å². The van der Waals surface area contributed by atoms with Crippen LogP contribution in [0, 0.1) is 0 Å². The van der Waals surface area contributed by atoms with Gasteiger partial charge in [0.2, 0.25) is 0 Å². The van der Waals surface area contributed by atoms with Gasteiger partial charge in [-0.05, 0) is 19.3 Å². The Balaban J connectivity index is 3.57. The van der Waals surface area contributed by atoms with Crippen molar-refractivity contribution in [1.29, 1.82) is 0 Å². The topological polar surface area (TPSA) is 26.3 Å². The number of carbonyl (C=O) groups is 1. The van der Waals surface area contributed by atoms with Crippen LogP contribution in [-0.2, 0) is 9.53 Å². The van der Waals surface area contributed by atoms with Crippen LogP contribution in [0.5, 0.6) is 0 Å². The second kappa shape index (κ2) is 6.65. The summed E-state index contributed by atoms with van der Waals surface area (Å²) in [5.74, 6) is -0.306. The number of methoxy groups -OCH3 is 1. The summed E-state index contributed by atoms with van der Waals surface area (Å²) >= 11 is 0. The number of hydrogen-bond acceptors (Lipinski definition) is 2. The monoisotopic (exact) mass is 168 g/mol. The summed E-state index contributed by atoms with van der Waals surface area (Å²) in [6, 6.07) is 0. The summed E-state index contributed by atoms with van der Waals surface area (Å²) in [7, 11) is 1.37. The lowest BCUT2D eigenvalue weighted by atomic mass is 10.1. The third-order valence-corrected chi connectivity index (χ3v) is 1.49. The van der Waals surface area contributed by atoms with E-state index in [1.807, 2.05) is 6.08 Å². The smallest absolute Gasteiger partial charge is 0.333 e. The molecule has 68 valence electrons. The van der Waals surface area contributed by atoms with Gasteiger partial charge in [0.15, 0.2) is 0 Å². The van der Waals surface area contributed by atoms with Gasteiger partial charge in [-0.2, -0.15) is 0 Å². The summed E-state index contributed by atoms with van der Waals surface area (Å²) < 4.78 is 4.51. The maximum absolute atomic E-state index is 10.8. The molecular formula is C10H16O2. The van der Waals surface area contributed by atoms with E-state index in [1.54, 1.807) is 0 Å². The lowest BCUT2D eigenvalue weighted by molar-refractivity contribution is -0.136. The first-order chi connectivity index (χ1) is 5.72. The Bertz CT molecular complexity index is 180. The number of carbonyl (C=O) groups excluding carboxylic acids is 1. The van der Waals surface area contributed by atoms with Gasteiger partial charge in [0.1, 0.15) is 0 Å². The summed E-state index contributed by atoms with van der Waals surface area (Å²) in [4.78, 5) is 10.8. The highest BCUT2D eigenvalue weighted by Gasteiger charge is 2.03. The average molecular weight is 168 g/mol. The Labute approximate surface area is 73.9 Å². The maximum atomic E-state index is 10.8. The molecule has 2 nitrogen and oxygen atoms in total. The van der Waals surface area contributed by atoms with Crippen LogP contribution in [0.1, 0.15) is 26.2 Å². The van der Waals surface area contributed by atoms with Crippen LogP contribution in [-0.4, -0.2) is 13.1 Å². The minimum Gasteiger partial charge on any atom is -0.466 e. The van der Waals surface area contributed by atoms with E-state index in [1.165, 1.54) is 7.11 Å². The molecule has 0 aliphatic heterocycles. The van der Waals surface area contributed by atoms with E-state index in [0.717, 1.165) is 12.8 Å². The van der Waals surface area contributed by atoms with Crippen molar-refractivity contribution in [3.63, 3.8) is 0 Å². The molecule has 0 aliphatic carbocycles. The number of esters is 1. The normalized spacial score (nSPS) is 10.2. The highest BCUT2D eigenvalue weighted by molar-refractivity contribution is 5.87. The molecule has 0 saturated heterocycles. The molecule has 0 saturated carbocycles. The van der Waals surface area contributed by atoms with Crippen molar-refractivity contribution in [2.24, 2.45) is 0 Å². The SMILES string of the molecule is C=C(CC/C=C/CC)C(=O)OC. The lowest BCUT2D eigenvalue weighted by Crippen LogP contribution is -2.02. The molecule has 0 bridgehead atoms. The van der Waals surface area contributed by atoms with Gasteiger partial charge in [-0.15, -0.1) is 0 Å². The predicted molar refractivity (Wildman–Crippen MR) is 49.8 cm³/mol. The molecule has 0 atom stereocenters. The fraction of sp³-hybridized carbons (Fsp3) is 0.500. The molecule has 0 spiro atoms. The van der Waals surface area contributed by atoms with Crippen LogP contribution < -0.4 is 0 Å². The predicted octanol–water partition coefficient (Wildman–Crippen LogP) is 2.46. The number of hydrogen-bond donors (Lipinski definition) is 0. The quantitative estimate of drug-likeness (QED) is 0.358. The summed E-state index contributed by atoms with van der Waals surface area (Å²) in [6.45, 7) is 5.69. The first-order valence-electron chi connectivity index (χ1n) is 4.13. The second-order valence-electron chi connectivity index (χ2n) is 2.51. The van der Waals surface area contributed by atoms with Crippen molar-refractivity contribution in [2.45, 2.75) is 26.2 Å². The molecule has 0 radical (unpaired) electrons. The lowest BCUT2D eigenvalue weighted by Gasteiger charge is -1.99. The van der Waals surface area contributed by atoms with E-state index >= 15 is 0 Å². The third kappa shape index (κ3) is 4.72. The first-order valence-corrected chi connectivity index (χ1v) is 4.13. The van der Waals surface area contributed by atoms with Crippen LogP contribution in [0.15, 0.2) is 24.3 Å². The van der Waals surface area contributed by atoms with Crippen molar-refractivity contribution in [3.8, 4) is 0 Å². The van der Waals surface area contributed by atoms with Gasteiger partial charge < -0.3 is 4.74 Å². The molecule has 0 N–H and O–H groups in total. The van der Waals surface area contributed by atoms with Crippen LogP contribution in [0.25, 0.3) is 0 Å². The van der Waals surface area contributed by atoms with Gasteiger partial charge in [0.05, 0.1) is 7.11 Å². The van der Waals surface area contributed by atoms with Crippen LogP contribution in [0.2, 0.25) is 0 Å².